The summed E-state index contributed by atoms with van der Waals surface area (Å²) in [6.07, 6.45) is 6.45. The van der Waals surface area contributed by atoms with E-state index in [1.165, 1.54) is 0 Å². The third kappa shape index (κ3) is 5.62. The van der Waals surface area contributed by atoms with Crippen molar-refractivity contribution in [2.45, 2.75) is 57.8 Å². The van der Waals surface area contributed by atoms with Crippen LogP contribution in [0.2, 0.25) is 0 Å². The summed E-state index contributed by atoms with van der Waals surface area (Å²) in [5.74, 6) is 1.48. The molecule has 29 heavy (non-hydrogen) atoms. The first-order valence-corrected chi connectivity index (χ1v) is 10.3. The van der Waals surface area contributed by atoms with Crippen molar-refractivity contribution < 1.29 is 19.1 Å². The molecule has 6 nitrogen and oxygen atoms in total. The van der Waals surface area contributed by atoms with E-state index < -0.39 is 5.97 Å². The van der Waals surface area contributed by atoms with Crippen molar-refractivity contribution in [2.75, 3.05) is 7.11 Å². The lowest BCUT2D eigenvalue weighted by atomic mass is 9.78. The van der Waals surface area contributed by atoms with Crippen LogP contribution in [0, 0.1) is 5.92 Å². The van der Waals surface area contributed by atoms with Crippen molar-refractivity contribution >= 4 is 11.8 Å². The van der Waals surface area contributed by atoms with Gasteiger partial charge in [-0.25, -0.2) is 4.79 Å². The molecule has 0 aliphatic heterocycles. The molecule has 1 aliphatic carbocycles. The second kappa shape index (κ2) is 10.1. The average molecular weight is 396 g/mol. The zero-order valence-electron chi connectivity index (χ0n) is 17.1. The minimum atomic E-state index is -0.542. The molecule has 0 unspecified atom stereocenters. The topological polar surface area (TPSA) is 78.4 Å². The van der Waals surface area contributed by atoms with Crippen molar-refractivity contribution in [3.05, 3.63) is 47.8 Å². The summed E-state index contributed by atoms with van der Waals surface area (Å²) in [6.45, 7) is 2.11. The molecule has 1 aromatic heterocycles. The molecule has 1 aromatic carbocycles. The summed E-state index contributed by atoms with van der Waals surface area (Å²) >= 11 is 0. The number of Topliss-reactive ketones (excluding diaryl/α,β-unsaturated/α-hetero) is 1. The van der Waals surface area contributed by atoms with E-state index in [2.05, 4.69) is 17.1 Å². The fraction of sp³-hybridized carbons (Fsp3) is 0.478. The first-order chi connectivity index (χ1) is 14.1. The quantitative estimate of drug-likeness (QED) is 0.474. The van der Waals surface area contributed by atoms with Gasteiger partial charge in [-0.1, -0.05) is 13.3 Å². The van der Waals surface area contributed by atoms with Gasteiger partial charge in [0.1, 0.15) is 17.3 Å². The van der Waals surface area contributed by atoms with Crippen molar-refractivity contribution in [1.82, 2.24) is 10.2 Å². The molecule has 0 N–H and O–H groups in total. The maximum absolute atomic E-state index is 12.3. The molecule has 1 heterocycles. The summed E-state index contributed by atoms with van der Waals surface area (Å²) in [4.78, 5) is 24.5. The molecule has 1 fully saturated rings. The summed E-state index contributed by atoms with van der Waals surface area (Å²) in [5, 5.41) is 8.32. The summed E-state index contributed by atoms with van der Waals surface area (Å²) in [5.41, 5.74) is 1.05. The first-order valence-electron chi connectivity index (χ1n) is 10.3. The predicted octanol–water partition coefficient (Wildman–Crippen LogP) is 4.74. The SMILES string of the molecule is CCCCC(=O)C1CCC(c2ccc(C(=O)Oc3ccc(OC)cc3)nn2)CC1. The normalized spacial score (nSPS) is 18.8. The molecule has 0 radical (unpaired) electrons. The zero-order chi connectivity index (χ0) is 20.6. The Morgan fingerprint density at radius 2 is 1.66 bits per heavy atom. The minimum Gasteiger partial charge on any atom is -0.497 e. The van der Waals surface area contributed by atoms with Crippen LogP contribution in [-0.4, -0.2) is 29.1 Å². The number of unbranched alkanes of at least 4 members (excludes halogenated alkanes) is 1. The number of hydrogen-bond acceptors (Lipinski definition) is 6. The highest BCUT2D eigenvalue weighted by atomic mass is 16.5. The van der Waals surface area contributed by atoms with Gasteiger partial charge in [-0.05, 0) is 68.5 Å². The number of aromatic nitrogens is 2. The van der Waals surface area contributed by atoms with E-state index in [9.17, 15) is 9.59 Å². The van der Waals surface area contributed by atoms with Crippen LogP contribution in [0.3, 0.4) is 0 Å². The molecule has 1 saturated carbocycles. The van der Waals surface area contributed by atoms with E-state index in [-0.39, 0.29) is 11.6 Å². The number of carbonyl (C=O) groups is 2. The Kier molecular flexibility index (Phi) is 7.33. The molecule has 154 valence electrons. The standard InChI is InChI=1S/C23H28N2O4/c1-3-4-5-22(26)17-8-6-16(7-9-17)20-14-15-21(25-24-20)23(27)29-19-12-10-18(28-2)11-13-19/h10-17H,3-9H2,1-2H3. The molecule has 0 spiro atoms. The number of ether oxygens (including phenoxy) is 2. The molecular weight excluding hydrogens is 368 g/mol. The van der Waals surface area contributed by atoms with E-state index in [0.717, 1.165) is 44.2 Å². The van der Waals surface area contributed by atoms with Gasteiger partial charge in [0.25, 0.3) is 0 Å². The van der Waals surface area contributed by atoms with E-state index in [0.29, 0.717) is 29.6 Å². The van der Waals surface area contributed by atoms with Gasteiger partial charge in [0.05, 0.1) is 12.8 Å². The van der Waals surface area contributed by atoms with Gasteiger partial charge in [0.15, 0.2) is 5.69 Å². The Hall–Kier alpha value is -2.76. The minimum absolute atomic E-state index is 0.174. The Bertz CT molecular complexity index is 810. The van der Waals surface area contributed by atoms with E-state index in [1.54, 1.807) is 37.4 Å². The number of hydrogen-bond donors (Lipinski definition) is 0. The van der Waals surface area contributed by atoms with Crippen molar-refractivity contribution in [3.63, 3.8) is 0 Å². The molecule has 6 heteroatoms. The first kappa shape index (κ1) is 21.0. The third-order valence-corrected chi connectivity index (χ3v) is 5.54. The molecule has 2 aromatic rings. The third-order valence-electron chi connectivity index (χ3n) is 5.54. The number of carbonyl (C=O) groups excluding carboxylic acids is 2. The van der Waals surface area contributed by atoms with Gasteiger partial charge in [0.2, 0.25) is 0 Å². The van der Waals surface area contributed by atoms with Crippen molar-refractivity contribution in [2.24, 2.45) is 5.92 Å². The number of ketones is 1. The van der Waals surface area contributed by atoms with Crippen LogP contribution < -0.4 is 9.47 Å². The van der Waals surface area contributed by atoms with Crippen LogP contribution in [0.25, 0.3) is 0 Å². The van der Waals surface area contributed by atoms with Gasteiger partial charge in [-0.3, -0.25) is 4.79 Å². The molecule has 0 bridgehead atoms. The Labute approximate surface area is 171 Å². The smallest absolute Gasteiger partial charge is 0.364 e. The summed E-state index contributed by atoms with van der Waals surface area (Å²) in [6, 6.07) is 10.3. The fourth-order valence-electron chi connectivity index (χ4n) is 3.74. The maximum atomic E-state index is 12.3. The lowest BCUT2D eigenvalue weighted by Crippen LogP contribution is -2.22. The van der Waals surface area contributed by atoms with Crippen molar-refractivity contribution in [3.8, 4) is 11.5 Å². The van der Waals surface area contributed by atoms with Gasteiger partial charge in [0, 0.05) is 18.3 Å². The zero-order valence-corrected chi connectivity index (χ0v) is 17.1. The highest BCUT2D eigenvalue weighted by Gasteiger charge is 2.27. The number of methoxy groups -OCH3 is 1. The number of benzene rings is 1. The maximum Gasteiger partial charge on any atom is 0.364 e. The molecule has 0 saturated heterocycles. The molecular formula is C23H28N2O4. The Balaban J connectivity index is 1.53. The molecule has 0 atom stereocenters. The highest BCUT2D eigenvalue weighted by molar-refractivity contribution is 5.88. The van der Waals surface area contributed by atoms with Crippen LogP contribution in [0.5, 0.6) is 11.5 Å². The van der Waals surface area contributed by atoms with Crippen molar-refractivity contribution in [1.29, 1.82) is 0 Å². The van der Waals surface area contributed by atoms with E-state index in [4.69, 9.17) is 9.47 Å². The summed E-state index contributed by atoms with van der Waals surface area (Å²) in [7, 11) is 1.58. The number of rotatable bonds is 8. The number of esters is 1. The van der Waals surface area contributed by atoms with Crippen LogP contribution in [0.4, 0.5) is 0 Å². The lowest BCUT2D eigenvalue weighted by molar-refractivity contribution is -0.124. The Morgan fingerprint density at radius 1 is 0.966 bits per heavy atom. The van der Waals surface area contributed by atoms with Gasteiger partial charge in [-0.2, -0.15) is 5.10 Å². The van der Waals surface area contributed by atoms with Gasteiger partial charge < -0.3 is 9.47 Å². The van der Waals surface area contributed by atoms with Gasteiger partial charge in [-0.15, -0.1) is 5.10 Å². The van der Waals surface area contributed by atoms with E-state index in [1.807, 2.05) is 6.07 Å². The fourth-order valence-corrected chi connectivity index (χ4v) is 3.74. The van der Waals surface area contributed by atoms with Crippen LogP contribution in [0.1, 0.15) is 74.0 Å². The lowest BCUT2D eigenvalue weighted by Gasteiger charge is -2.27. The largest absolute Gasteiger partial charge is 0.497 e. The summed E-state index contributed by atoms with van der Waals surface area (Å²) < 4.78 is 10.4. The van der Waals surface area contributed by atoms with E-state index >= 15 is 0 Å². The van der Waals surface area contributed by atoms with Crippen LogP contribution in [0.15, 0.2) is 36.4 Å². The second-order valence-corrected chi connectivity index (χ2v) is 7.53. The predicted molar refractivity (Wildman–Crippen MR) is 109 cm³/mol. The highest BCUT2D eigenvalue weighted by Crippen LogP contribution is 2.35. The second-order valence-electron chi connectivity index (χ2n) is 7.53. The van der Waals surface area contributed by atoms with Crippen LogP contribution >= 0.6 is 0 Å². The van der Waals surface area contributed by atoms with Crippen LogP contribution in [-0.2, 0) is 4.79 Å². The molecule has 0 amide bonds. The monoisotopic (exact) mass is 396 g/mol. The van der Waals surface area contributed by atoms with Gasteiger partial charge >= 0.3 is 5.97 Å². The number of nitrogens with zero attached hydrogens (tertiary/aromatic N) is 2. The Morgan fingerprint density at radius 3 is 2.24 bits per heavy atom. The molecule has 3 rings (SSSR count). The average Bonchev–Trinajstić information content (AvgIpc) is 2.78. The molecule has 1 aliphatic rings.